The van der Waals surface area contributed by atoms with Gasteiger partial charge in [0.2, 0.25) is 10.0 Å². The SMILES string of the molecule is CN(CCC#N)S(=O)(=O)c1c(N)cc([N+](=O)[O-])cc1F. The van der Waals surface area contributed by atoms with E-state index in [4.69, 9.17) is 11.0 Å². The number of hydrogen-bond donors (Lipinski definition) is 1. The number of benzene rings is 1. The van der Waals surface area contributed by atoms with Crippen LogP contribution >= 0.6 is 0 Å². The van der Waals surface area contributed by atoms with E-state index >= 15 is 0 Å². The third kappa shape index (κ3) is 3.01. The van der Waals surface area contributed by atoms with Crippen LogP contribution in [0.1, 0.15) is 6.42 Å². The highest BCUT2D eigenvalue weighted by molar-refractivity contribution is 7.89. The van der Waals surface area contributed by atoms with E-state index in [2.05, 4.69) is 0 Å². The minimum absolute atomic E-state index is 0.0791. The topological polar surface area (TPSA) is 130 Å². The number of nitrogen functional groups attached to an aromatic ring is 1. The van der Waals surface area contributed by atoms with E-state index < -0.39 is 37.0 Å². The van der Waals surface area contributed by atoms with Crippen molar-refractivity contribution in [3.8, 4) is 6.07 Å². The standard InChI is InChI=1S/C10H11FN4O4S/c1-14(4-2-3-12)20(18,19)10-8(11)5-7(15(16)17)6-9(10)13/h5-6H,2,4,13H2,1H3. The lowest BCUT2D eigenvalue weighted by molar-refractivity contribution is -0.385. The summed E-state index contributed by atoms with van der Waals surface area (Å²) in [6.45, 7) is -0.144. The van der Waals surface area contributed by atoms with Crippen LogP contribution in [0.5, 0.6) is 0 Å². The van der Waals surface area contributed by atoms with Crippen molar-refractivity contribution in [2.24, 2.45) is 0 Å². The summed E-state index contributed by atoms with van der Waals surface area (Å²) in [4.78, 5) is 8.82. The highest BCUT2D eigenvalue weighted by atomic mass is 32.2. The molecule has 108 valence electrons. The van der Waals surface area contributed by atoms with E-state index in [-0.39, 0.29) is 13.0 Å². The number of non-ortho nitro benzene ring substituents is 1. The Bertz CT molecular complexity index is 660. The second-order valence-electron chi connectivity index (χ2n) is 3.84. The summed E-state index contributed by atoms with van der Waals surface area (Å²) in [5.41, 5.74) is 4.20. The number of rotatable bonds is 5. The number of nitrogens with two attached hydrogens (primary N) is 1. The summed E-state index contributed by atoms with van der Waals surface area (Å²) in [6, 6.07) is 3.01. The molecule has 8 nitrogen and oxygen atoms in total. The maximum absolute atomic E-state index is 13.8. The molecular formula is C10H11FN4O4S. The van der Waals surface area contributed by atoms with Gasteiger partial charge in [-0.05, 0) is 0 Å². The Morgan fingerprint density at radius 2 is 2.15 bits per heavy atom. The minimum Gasteiger partial charge on any atom is -0.397 e. The van der Waals surface area contributed by atoms with Gasteiger partial charge in [-0.1, -0.05) is 0 Å². The molecule has 2 N–H and O–H groups in total. The summed E-state index contributed by atoms with van der Waals surface area (Å²) in [7, 11) is -3.10. The molecule has 0 aromatic heterocycles. The molecule has 0 radical (unpaired) electrons. The highest BCUT2D eigenvalue weighted by Gasteiger charge is 2.29. The molecule has 0 aliphatic carbocycles. The number of anilines is 1. The van der Waals surface area contributed by atoms with E-state index in [9.17, 15) is 22.9 Å². The highest BCUT2D eigenvalue weighted by Crippen LogP contribution is 2.29. The number of nitrogens with zero attached hydrogens (tertiary/aromatic N) is 3. The largest absolute Gasteiger partial charge is 0.397 e. The lowest BCUT2D eigenvalue weighted by Gasteiger charge is -2.17. The maximum Gasteiger partial charge on any atom is 0.274 e. The van der Waals surface area contributed by atoms with Crippen molar-refractivity contribution in [1.29, 1.82) is 5.26 Å². The van der Waals surface area contributed by atoms with Crippen LogP contribution in [0.4, 0.5) is 15.8 Å². The van der Waals surface area contributed by atoms with Crippen LogP contribution < -0.4 is 5.73 Å². The number of nitro benzene ring substituents is 1. The normalized spacial score (nSPS) is 11.3. The summed E-state index contributed by atoms with van der Waals surface area (Å²) in [5.74, 6) is -1.31. The first-order chi connectivity index (χ1) is 9.21. The van der Waals surface area contributed by atoms with Gasteiger partial charge in [0.05, 0.1) is 22.7 Å². The van der Waals surface area contributed by atoms with E-state index in [1.807, 2.05) is 0 Å². The van der Waals surface area contributed by atoms with Crippen molar-refractivity contribution in [3.63, 3.8) is 0 Å². The van der Waals surface area contributed by atoms with Crippen molar-refractivity contribution >= 4 is 21.4 Å². The van der Waals surface area contributed by atoms with Crippen LogP contribution in [0.25, 0.3) is 0 Å². The average molecular weight is 302 g/mol. The Kier molecular flexibility index (Phi) is 4.59. The van der Waals surface area contributed by atoms with Gasteiger partial charge in [-0.2, -0.15) is 9.57 Å². The molecule has 0 aliphatic heterocycles. The number of halogens is 1. The lowest BCUT2D eigenvalue weighted by atomic mass is 10.3. The third-order valence-electron chi connectivity index (χ3n) is 2.47. The molecule has 0 atom stereocenters. The van der Waals surface area contributed by atoms with Gasteiger partial charge in [0.15, 0.2) is 5.82 Å². The van der Waals surface area contributed by atoms with Crippen molar-refractivity contribution in [1.82, 2.24) is 4.31 Å². The molecule has 0 saturated heterocycles. The third-order valence-corrected chi connectivity index (χ3v) is 4.42. The van der Waals surface area contributed by atoms with E-state index in [1.54, 1.807) is 6.07 Å². The molecule has 0 bridgehead atoms. The monoisotopic (exact) mass is 302 g/mol. The van der Waals surface area contributed by atoms with E-state index in [0.717, 1.165) is 17.4 Å². The zero-order valence-corrected chi connectivity index (χ0v) is 11.2. The van der Waals surface area contributed by atoms with Gasteiger partial charge in [0, 0.05) is 26.1 Å². The Labute approximate surface area is 114 Å². The van der Waals surface area contributed by atoms with Gasteiger partial charge in [0.1, 0.15) is 4.90 Å². The smallest absolute Gasteiger partial charge is 0.274 e. The molecular weight excluding hydrogens is 291 g/mol. The molecule has 1 rings (SSSR count). The summed E-state index contributed by atoms with van der Waals surface area (Å²) < 4.78 is 38.7. The molecule has 0 fully saturated rings. The number of hydrogen-bond acceptors (Lipinski definition) is 6. The predicted molar refractivity (Wildman–Crippen MR) is 67.5 cm³/mol. The lowest BCUT2D eigenvalue weighted by Crippen LogP contribution is -2.29. The summed E-state index contributed by atoms with van der Waals surface area (Å²) in [6.07, 6.45) is -0.0791. The Hall–Kier alpha value is -2.25. The van der Waals surface area contributed by atoms with Gasteiger partial charge < -0.3 is 5.73 Å². The molecule has 0 unspecified atom stereocenters. The molecule has 0 aliphatic rings. The van der Waals surface area contributed by atoms with Crippen LogP contribution in [0, 0.1) is 27.3 Å². The molecule has 1 aromatic rings. The van der Waals surface area contributed by atoms with Crippen LogP contribution in [0.2, 0.25) is 0 Å². The van der Waals surface area contributed by atoms with Crippen molar-refractivity contribution in [3.05, 3.63) is 28.1 Å². The first-order valence-corrected chi connectivity index (χ1v) is 6.72. The first-order valence-electron chi connectivity index (χ1n) is 5.28. The van der Waals surface area contributed by atoms with E-state index in [0.29, 0.717) is 6.07 Å². The van der Waals surface area contributed by atoms with Crippen LogP contribution in [0.15, 0.2) is 17.0 Å². The first kappa shape index (κ1) is 15.8. The average Bonchev–Trinajstić information content (AvgIpc) is 2.34. The quantitative estimate of drug-likeness (QED) is 0.487. The fraction of sp³-hybridized carbons (Fsp3) is 0.300. The van der Waals surface area contributed by atoms with Crippen molar-refractivity contribution in [2.75, 3.05) is 19.3 Å². The van der Waals surface area contributed by atoms with Crippen molar-refractivity contribution in [2.45, 2.75) is 11.3 Å². The zero-order chi connectivity index (χ0) is 15.5. The molecule has 0 spiro atoms. The summed E-state index contributed by atoms with van der Waals surface area (Å²) >= 11 is 0. The van der Waals surface area contributed by atoms with Gasteiger partial charge in [-0.3, -0.25) is 10.1 Å². The predicted octanol–water partition coefficient (Wildman–Crippen LogP) is 0.850. The Morgan fingerprint density at radius 1 is 1.55 bits per heavy atom. The molecule has 1 aromatic carbocycles. The fourth-order valence-electron chi connectivity index (χ4n) is 1.46. The second kappa shape index (κ2) is 5.81. The van der Waals surface area contributed by atoms with Gasteiger partial charge in [0.25, 0.3) is 5.69 Å². The Morgan fingerprint density at radius 3 is 2.60 bits per heavy atom. The zero-order valence-electron chi connectivity index (χ0n) is 10.4. The van der Waals surface area contributed by atoms with Crippen LogP contribution in [0.3, 0.4) is 0 Å². The molecule has 10 heteroatoms. The van der Waals surface area contributed by atoms with Crippen LogP contribution in [-0.2, 0) is 10.0 Å². The number of nitriles is 1. The molecule has 20 heavy (non-hydrogen) atoms. The minimum atomic E-state index is -4.26. The molecule has 0 amide bonds. The number of sulfonamides is 1. The summed E-state index contributed by atoms with van der Waals surface area (Å²) in [5, 5.41) is 18.9. The van der Waals surface area contributed by atoms with Gasteiger partial charge >= 0.3 is 0 Å². The molecule has 0 heterocycles. The second-order valence-corrected chi connectivity index (χ2v) is 5.82. The van der Waals surface area contributed by atoms with Gasteiger partial charge in [-0.15, -0.1) is 0 Å². The number of nitro groups is 1. The fourth-order valence-corrected chi connectivity index (χ4v) is 2.77. The van der Waals surface area contributed by atoms with Crippen LogP contribution in [-0.4, -0.2) is 31.2 Å². The maximum atomic E-state index is 13.8. The molecule has 0 saturated carbocycles. The van der Waals surface area contributed by atoms with Gasteiger partial charge in [-0.25, -0.2) is 12.8 Å². The van der Waals surface area contributed by atoms with E-state index in [1.165, 1.54) is 0 Å². The van der Waals surface area contributed by atoms with Crippen molar-refractivity contribution < 1.29 is 17.7 Å². The Balaban J connectivity index is 3.33.